The zero-order valence-corrected chi connectivity index (χ0v) is 11.2. The predicted molar refractivity (Wildman–Crippen MR) is 72.8 cm³/mol. The summed E-state index contributed by atoms with van der Waals surface area (Å²) < 4.78 is 44.0. The molecule has 112 valence electrons. The van der Waals surface area contributed by atoms with Crippen molar-refractivity contribution < 1.29 is 23.0 Å². The van der Waals surface area contributed by atoms with Gasteiger partial charge in [-0.1, -0.05) is 6.07 Å². The third kappa shape index (κ3) is 3.66. The van der Waals surface area contributed by atoms with Gasteiger partial charge < -0.3 is 15.2 Å². The monoisotopic (exact) mass is 297 g/mol. The van der Waals surface area contributed by atoms with E-state index in [4.69, 9.17) is 4.74 Å². The fourth-order valence-electron chi connectivity index (χ4n) is 1.86. The molecule has 0 aromatic heterocycles. The van der Waals surface area contributed by atoms with Crippen LogP contribution in [0, 0.1) is 17.5 Å². The number of ether oxygens (including phenoxy) is 1. The molecule has 0 amide bonds. The average Bonchev–Trinajstić information content (AvgIpc) is 2.48. The average molecular weight is 297 g/mol. The Labute approximate surface area is 120 Å². The highest BCUT2D eigenvalue weighted by Crippen LogP contribution is 2.26. The van der Waals surface area contributed by atoms with Crippen molar-refractivity contribution in [3.8, 4) is 5.75 Å². The van der Waals surface area contributed by atoms with Crippen molar-refractivity contribution in [2.75, 3.05) is 19.0 Å². The molecule has 0 aliphatic carbocycles. The number of anilines is 1. The quantitative estimate of drug-likeness (QED) is 0.890. The number of hydrogen-bond acceptors (Lipinski definition) is 3. The smallest absolute Gasteiger partial charge is 0.159 e. The molecule has 2 aromatic rings. The lowest BCUT2D eigenvalue weighted by atomic mass is 10.1. The number of halogens is 3. The summed E-state index contributed by atoms with van der Waals surface area (Å²) in [4.78, 5) is 0. The number of aliphatic hydroxyl groups is 1. The van der Waals surface area contributed by atoms with Crippen molar-refractivity contribution in [1.29, 1.82) is 0 Å². The van der Waals surface area contributed by atoms with E-state index >= 15 is 0 Å². The van der Waals surface area contributed by atoms with Crippen molar-refractivity contribution in [2.45, 2.75) is 6.10 Å². The minimum Gasteiger partial charge on any atom is -0.494 e. The third-order valence-corrected chi connectivity index (χ3v) is 2.98. The van der Waals surface area contributed by atoms with Gasteiger partial charge in [0.25, 0.3) is 0 Å². The first-order valence-corrected chi connectivity index (χ1v) is 6.21. The predicted octanol–water partition coefficient (Wildman–Crippen LogP) is 3.26. The van der Waals surface area contributed by atoms with E-state index < -0.39 is 23.6 Å². The van der Waals surface area contributed by atoms with Crippen LogP contribution in [0.15, 0.2) is 36.4 Å². The first-order valence-electron chi connectivity index (χ1n) is 6.21. The second-order valence-corrected chi connectivity index (χ2v) is 4.41. The Morgan fingerprint density at radius 1 is 1.10 bits per heavy atom. The molecule has 2 N–H and O–H groups in total. The van der Waals surface area contributed by atoms with Gasteiger partial charge in [-0.15, -0.1) is 0 Å². The number of nitrogens with one attached hydrogen (secondary N) is 1. The summed E-state index contributed by atoms with van der Waals surface area (Å²) in [5.74, 6) is -2.16. The first kappa shape index (κ1) is 15.2. The Morgan fingerprint density at radius 3 is 2.52 bits per heavy atom. The van der Waals surface area contributed by atoms with Crippen molar-refractivity contribution >= 4 is 5.69 Å². The fraction of sp³-hybridized carbons (Fsp3) is 0.200. The highest BCUT2D eigenvalue weighted by atomic mass is 19.2. The maximum Gasteiger partial charge on any atom is 0.159 e. The number of rotatable bonds is 5. The summed E-state index contributed by atoms with van der Waals surface area (Å²) in [5, 5.41) is 12.8. The van der Waals surface area contributed by atoms with Crippen LogP contribution in [0.3, 0.4) is 0 Å². The van der Waals surface area contributed by atoms with Crippen LogP contribution in [0.5, 0.6) is 5.75 Å². The second kappa shape index (κ2) is 6.49. The van der Waals surface area contributed by atoms with Crippen LogP contribution in [0.25, 0.3) is 0 Å². The minimum atomic E-state index is -1.05. The van der Waals surface area contributed by atoms with Crippen molar-refractivity contribution in [3.05, 3.63) is 59.4 Å². The fourth-order valence-corrected chi connectivity index (χ4v) is 1.86. The number of hydrogen-bond donors (Lipinski definition) is 2. The van der Waals surface area contributed by atoms with Crippen molar-refractivity contribution in [1.82, 2.24) is 0 Å². The molecule has 21 heavy (non-hydrogen) atoms. The molecule has 0 spiro atoms. The summed E-state index contributed by atoms with van der Waals surface area (Å²) in [5.41, 5.74) is 0.725. The van der Waals surface area contributed by atoms with Gasteiger partial charge in [0.05, 0.1) is 18.9 Å². The van der Waals surface area contributed by atoms with Crippen LogP contribution < -0.4 is 10.1 Å². The van der Waals surface area contributed by atoms with E-state index in [-0.39, 0.29) is 17.9 Å². The van der Waals surface area contributed by atoms with Gasteiger partial charge >= 0.3 is 0 Å². The molecule has 0 saturated carbocycles. The molecular weight excluding hydrogens is 283 g/mol. The largest absolute Gasteiger partial charge is 0.494 e. The number of benzene rings is 2. The van der Waals surface area contributed by atoms with Crippen LogP contribution in [0.4, 0.5) is 18.9 Å². The standard InChI is InChI=1S/C15H14F3NO2/c1-21-15-7-10(16)3-5-13(15)19-8-14(20)9-2-4-11(17)12(18)6-9/h2-7,14,19-20H,8H2,1H3. The summed E-state index contributed by atoms with van der Waals surface area (Å²) in [7, 11) is 1.39. The normalized spacial score (nSPS) is 12.0. The molecule has 0 radical (unpaired) electrons. The summed E-state index contributed by atoms with van der Waals surface area (Å²) in [6.45, 7) is 0.0348. The molecule has 2 aromatic carbocycles. The van der Waals surface area contributed by atoms with Crippen LogP contribution in [0.2, 0.25) is 0 Å². The molecule has 0 heterocycles. The molecular formula is C15H14F3NO2. The van der Waals surface area contributed by atoms with Crippen LogP contribution in [-0.2, 0) is 0 Å². The Bertz CT molecular complexity index is 634. The molecule has 0 saturated heterocycles. The summed E-state index contributed by atoms with van der Waals surface area (Å²) in [6, 6.07) is 7.09. The molecule has 0 aliphatic heterocycles. The zero-order valence-electron chi connectivity index (χ0n) is 11.2. The third-order valence-electron chi connectivity index (χ3n) is 2.98. The molecule has 0 bridgehead atoms. The molecule has 1 unspecified atom stereocenters. The van der Waals surface area contributed by atoms with E-state index in [0.717, 1.165) is 12.1 Å². The zero-order chi connectivity index (χ0) is 15.4. The Morgan fingerprint density at radius 2 is 1.86 bits per heavy atom. The maximum atomic E-state index is 13.1. The lowest BCUT2D eigenvalue weighted by molar-refractivity contribution is 0.191. The molecule has 0 aliphatic rings. The highest BCUT2D eigenvalue weighted by Gasteiger charge is 2.12. The lowest BCUT2D eigenvalue weighted by Crippen LogP contribution is -2.13. The summed E-state index contributed by atoms with van der Waals surface area (Å²) in [6.07, 6.45) is -1.05. The number of aliphatic hydroxyl groups excluding tert-OH is 1. The first-order chi connectivity index (χ1) is 10.0. The van der Waals surface area contributed by atoms with E-state index in [1.54, 1.807) is 0 Å². The second-order valence-electron chi connectivity index (χ2n) is 4.41. The van der Waals surface area contributed by atoms with Crippen LogP contribution in [0.1, 0.15) is 11.7 Å². The van der Waals surface area contributed by atoms with Gasteiger partial charge in [0.2, 0.25) is 0 Å². The Hall–Kier alpha value is -2.21. The van der Waals surface area contributed by atoms with Gasteiger partial charge in [0.15, 0.2) is 11.6 Å². The van der Waals surface area contributed by atoms with Gasteiger partial charge in [0, 0.05) is 12.6 Å². The van der Waals surface area contributed by atoms with Crippen molar-refractivity contribution in [2.24, 2.45) is 0 Å². The van der Waals surface area contributed by atoms with E-state index in [2.05, 4.69) is 5.32 Å². The molecule has 3 nitrogen and oxygen atoms in total. The highest BCUT2D eigenvalue weighted by molar-refractivity contribution is 5.56. The number of methoxy groups -OCH3 is 1. The van der Waals surface area contributed by atoms with E-state index in [9.17, 15) is 18.3 Å². The minimum absolute atomic E-state index is 0.0348. The SMILES string of the molecule is COc1cc(F)ccc1NCC(O)c1ccc(F)c(F)c1. The molecule has 2 rings (SSSR count). The molecule has 0 fully saturated rings. The van der Waals surface area contributed by atoms with Gasteiger partial charge in [-0.3, -0.25) is 0 Å². The van der Waals surface area contributed by atoms with Crippen molar-refractivity contribution in [3.63, 3.8) is 0 Å². The summed E-state index contributed by atoms with van der Waals surface area (Å²) >= 11 is 0. The topological polar surface area (TPSA) is 41.5 Å². The maximum absolute atomic E-state index is 13.1. The van der Waals surface area contributed by atoms with Gasteiger partial charge in [-0.05, 0) is 29.8 Å². The Kier molecular flexibility index (Phi) is 4.70. The van der Waals surface area contributed by atoms with Crippen LogP contribution in [-0.4, -0.2) is 18.8 Å². The van der Waals surface area contributed by atoms with E-state index in [0.29, 0.717) is 5.69 Å². The molecule has 1 atom stereocenters. The van der Waals surface area contributed by atoms with Gasteiger partial charge in [-0.2, -0.15) is 0 Å². The van der Waals surface area contributed by atoms with E-state index in [1.165, 1.54) is 31.4 Å². The molecule has 6 heteroatoms. The van der Waals surface area contributed by atoms with E-state index in [1.807, 2.05) is 0 Å². The van der Waals surface area contributed by atoms with Gasteiger partial charge in [0.1, 0.15) is 11.6 Å². The lowest BCUT2D eigenvalue weighted by Gasteiger charge is -2.15. The van der Waals surface area contributed by atoms with Gasteiger partial charge in [-0.25, -0.2) is 13.2 Å². The van der Waals surface area contributed by atoms with Crippen LogP contribution >= 0.6 is 0 Å². The Balaban J connectivity index is 2.07.